The molecule has 4 aromatic carbocycles. The molecule has 1 amide bonds. The van der Waals surface area contributed by atoms with Crippen molar-refractivity contribution >= 4 is 11.9 Å². The molecule has 2 N–H and O–H groups in total. The average molecular weight is 760 g/mol. The van der Waals surface area contributed by atoms with E-state index in [0.717, 1.165) is 48.4 Å². The molecule has 2 fully saturated rings. The van der Waals surface area contributed by atoms with Gasteiger partial charge in [-0.2, -0.15) is 0 Å². The van der Waals surface area contributed by atoms with Crippen molar-refractivity contribution < 1.29 is 41.3 Å². The fraction of sp³-hybridized carbons (Fsp3) is 0.293. The number of piperazine rings is 1. The standard InChI is InChI=1S/C41H38F5N5O4/c1-24-31(22-50-17-19-51(20-18-50)41-47-15-4-16-48-41)54-40(55-38(24)27-9-7-25(23-52)8-10-27)28-13-11-26(12-14-28)30-6-3-2-5-29(30)21-49-39(53)32-33(42)35(44)37(46)36(45)34(32)43/h2-16,24,31,38,40,52H,17-23H2,1H3,(H,49,53)/t24-,31+,38+,40+/m0/s1. The fourth-order valence-corrected chi connectivity index (χ4v) is 7.01. The number of carbonyl (C=O) groups is 1. The number of carbonyl (C=O) groups excluding carboxylic acids is 1. The number of anilines is 1. The van der Waals surface area contributed by atoms with Crippen LogP contribution in [0.4, 0.5) is 27.9 Å². The molecule has 4 atom stereocenters. The quantitative estimate of drug-likeness (QED) is 0.0905. The van der Waals surface area contributed by atoms with Gasteiger partial charge in [0.1, 0.15) is 5.56 Å². The molecule has 14 heteroatoms. The van der Waals surface area contributed by atoms with Crippen LogP contribution in [0.3, 0.4) is 0 Å². The molecule has 5 aromatic rings. The van der Waals surface area contributed by atoms with Crippen molar-refractivity contribution in [1.82, 2.24) is 20.2 Å². The number of benzene rings is 4. The van der Waals surface area contributed by atoms with E-state index in [2.05, 4.69) is 32.0 Å². The van der Waals surface area contributed by atoms with Gasteiger partial charge in [0.2, 0.25) is 11.8 Å². The second kappa shape index (κ2) is 16.6. The molecule has 55 heavy (non-hydrogen) atoms. The Morgan fingerprint density at radius 2 is 1.40 bits per heavy atom. The summed E-state index contributed by atoms with van der Waals surface area (Å²) in [4.78, 5) is 26.0. The maximum Gasteiger partial charge on any atom is 0.257 e. The van der Waals surface area contributed by atoms with Crippen molar-refractivity contribution in [2.24, 2.45) is 5.92 Å². The summed E-state index contributed by atoms with van der Waals surface area (Å²) >= 11 is 0. The highest BCUT2D eigenvalue weighted by Gasteiger charge is 2.39. The first kappa shape index (κ1) is 38.0. The third-order valence-electron chi connectivity index (χ3n) is 10.2. The second-order valence-corrected chi connectivity index (χ2v) is 13.6. The lowest BCUT2D eigenvalue weighted by Crippen LogP contribution is -2.51. The Bertz CT molecular complexity index is 2090. The van der Waals surface area contributed by atoms with E-state index in [1.807, 2.05) is 48.5 Å². The number of hydrogen-bond acceptors (Lipinski definition) is 8. The van der Waals surface area contributed by atoms with Crippen molar-refractivity contribution in [3.05, 3.63) is 148 Å². The molecule has 1 aromatic heterocycles. The van der Waals surface area contributed by atoms with Crippen LogP contribution in [-0.4, -0.2) is 64.7 Å². The topological polar surface area (TPSA) is 100 Å². The Kier molecular flexibility index (Phi) is 11.5. The highest BCUT2D eigenvalue weighted by molar-refractivity contribution is 5.95. The van der Waals surface area contributed by atoms with Gasteiger partial charge in [-0.25, -0.2) is 31.9 Å². The highest BCUT2D eigenvalue weighted by Crippen LogP contribution is 2.42. The number of ether oxygens (including phenoxy) is 2. The van der Waals surface area contributed by atoms with Gasteiger partial charge in [0.05, 0.1) is 18.8 Å². The van der Waals surface area contributed by atoms with Gasteiger partial charge in [-0.3, -0.25) is 9.69 Å². The van der Waals surface area contributed by atoms with Crippen LogP contribution < -0.4 is 10.2 Å². The minimum Gasteiger partial charge on any atom is -0.392 e. The molecule has 3 heterocycles. The summed E-state index contributed by atoms with van der Waals surface area (Å²) in [6, 6.07) is 23.9. The smallest absolute Gasteiger partial charge is 0.257 e. The molecule has 0 radical (unpaired) electrons. The molecule has 286 valence electrons. The van der Waals surface area contributed by atoms with Gasteiger partial charge in [-0.1, -0.05) is 79.7 Å². The molecule has 0 spiro atoms. The van der Waals surface area contributed by atoms with E-state index in [-0.39, 0.29) is 31.3 Å². The maximum absolute atomic E-state index is 14.3. The van der Waals surface area contributed by atoms with Crippen molar-refractivity contribution in [2.75, 3.05) is 37.6 Å². The van der Waals surface area contributed by atoms with E-state index in [9.17, 15) is 31.9 Å². The minimum absolute atomic E-state index is 0.0158. The molecule has 2 aliphatic rings. The minimum atomic E-state index is -2.34. The summed E-state index contributed by atoms with van der Waals surface area (Å²) in [7, 11) is 0. The molecule has 7 rings (SSSR count). The van der Waals surface area contributed by atoms with Crippen LogP contribution in [0.2, 0.25) is 0 Å². The third kappa shape index (κ3) is 8.08. The summed E-state index contributed by atoms with van der Waals surface area (Å²) < 4.78 is 82.9. The number of rotatable bonds is 10. The average Bonchev–Trinajstić information content (AvgIpc) is 3.23. The first-order valence-corrected chi connectivity index (χ1v) is 17.9. The van der Waals surface area contributed by atoms with Crippen molar-refractivity contribution in [3.8, 4) is 11.1 Å². The third-order valence-corrected chi connectivity index (χ3v) is 10.2. The Labute approximate surface area is 314 Å². The lowest BCUT2D eigenvalue weighted by molar-refractivity contribution is -0.276. The summed E-state index contributed by atoms with van der Waals surface area (Å²) in [5, 5.41) is 11.9. The van der Waals surface area contributed by atoms with Gasteiger partial charge in [0.15, 0.2) is 29.6 Å². The molecule has 0 saturated carbocycles. The first-order valence-electron chi connectivity index (χ1n) is 17.9. The zero-order valence-electron chi connectivity index (χ0n) is 29.8. The zero-order valence-corrected chi connectivity index (χ0v) is 29.8. The van der Waals surface area contributed by atoms with E-state index >= 15 is 0 Å². The fourth-order valence-electron chi connectivity index (χ4n) is 7.01. The van der Waals surface area contributed by atoms with Crippen LogP contribution in [0.25, 0.3) is 11.1 Å². The van der Waals surface area contributed by atoms with Gasteiger partial charge < -0.3 is 24.8 Å². The van der Waals surface area contributed by atoms with Gasteiger partial charge in [0.25, 0.3) is 5.91 Å². The van der Waals surface area contributed by atoms with Crippen LogP contribution in [0.5, 0.6) is 0 Å². The Hall–Kier alpha value is -5.28. The zero-order chi connectivity index (χ0) is 38.6. The van der Waals surface area contributed by atoms with E-state index in [4.69, 9.17) is 9.47 Å². The SMILES string of the molecule is C[C@H]1[C@@H](CN2CCN(c3ncccn3)CC2)O[C@@H](c2ccc(-c3ccccc3CNC(=O)c3c(F)c(F)c(F)c(F)c3F)cc2)O[C@H]1c1ccc(CO)cc1. The van der Waals surface area contributed by atoms with E-state index in [0.29, 0.717) is 23.6 Å². The molecule has 0 aliphatic carbocycles. The van der Waals surface area contributed by atoms with Gasteiger partial charge in [0, 0.05) is 63.1 Å². The Morgan fingerprint density at radius 1 is 0.782 bits per heavy atom. The molecule has 2 saturated heterocycles. The van der Waals surface area contributed by atoms with Gasteiger partial charge in [-0.15, -0.1) is 0 Å². The van der Waals surface area contributed by atoms with E-state index < -0.39 is 46.8 Å². The van der Waals surface area contributed by atoms with Crippen LogP contribution in [-0.2, 0) is 22.6 Å². The lowest BCUT2D eigenvalue weighted by atomic mass is 9.89. The molecule has 9 nitrogen and oxygen atoms in total. The number of aliphatic hydroxyl groups excluding tert-OH is 1. The first-order chi connectivity index (χ1) is 26.6. The van der Waals surface area contributed by atoms with Crippen molar-refractivity contribution in [3.63, 3.8) is 0 Å². The van der Waals surface area contributed by atoms with Crippen molar-refractivity contribution in [1.29, 1.82) is 0 Å². The number of aromatic nitrogens is 2. The Morgan fingerprint density at radius 3 is 2.05 bits per heavy atom. The second-order valence-electron chi connectivity index (χ2n) is 13.6. The molecular weight excluding hydrogens is 721 g/mol. The summed E-state index contributed by atoms with van der Waals surface area (Å²) in [5.74, 6) is -11.9. The summed E-state index contributed by atoms with van der Waals surface area (Å²) in [6.45, 7) is 5.64. The predicted octanol–water partition coefficient (Wildman–Crippen LogP) is 6.88. The normalized spacial score (nSPS) is 20.4. The molecule has 0 unspecified atom stereocenters. The van der Waals surface area contributed by atoms with E-state index in [1.54, 1.807) is 42.7 Å². The van der Waals surface area contributed by atoms with E-state index in [1.165, 1.54) is 0 Å². The van der Waals surface area contributed by atoms with Crippen LogP contribution in [0.15, 0.2) is 91.3 Å². The number of nitrogens with one attached hydrogen (secondary N) is 1. The number of hydrogen-bond donors (Lipinski definition) is 2. The highest BCUT2D eigenvalue weighted by atomic mass is 19.2. The maximum atomic E-state index is 14.3. The number of aliphatic hydroxyl groups is 1. The van der Waals surface area contributed by atoms with Gasteiger partial charge in [-0.05, 0) is 33.9 Å². The summed E-state index contributed by atoms with van der Waals surface area (Å²) in [5.41, 5.74) is 2.92. The van der Waals surface area contributed by atoms with Crippen molar-refractivity contribution in [2.45, 2.75) is 38.6 Å². The van der Waals surface area contributed by atoms with Crippen LogP contribution in [0, 0.1) is 35.0 Å². The Balaban J connectivity index is 1.08. The van der Waals surface area contributed by atoms with Crippen LogP contribution >= 0.6 is 0 Å². The van der Waals surface area contributed by atoms with Gasteiger partial charge >= 0.3 is 0 Å². The lowest BCUT2D eigenvalue weighted by Gasteiger charge is -2.44. The largest absolute Gasteiger partial charge is 0.392 e. The number of amides is 1. The van der Waals surface area contributed by atoms with Crippen LogP contribution in [0.1, 0.15) is 51.9 Å². The molecule has 0 bridgehead atoms. The predicted molar refractivity (Wildman–Crippen MR) is 193 cm³/mol. The number of halogens is 5. The molecular formula is C41H38F5N5O4. The summed E-state index contributed by atoms with van der Waals surface area (Å²) in [6.07, 6.45) is 2.26. The monoisotopic (exact) mass is 759 g/mol. The number of nitrogens with zero attached hydrogens (tertiary/aromatic N) is 4. The molecule has 2 aliphatic heterocycles.